The van der Waals surface area contributed by atoms with Crippen LogP contribution >= 0.6 is 0 Å². The highest BCUT2D eigenvalue weighted by atomic mass is 19.1. The maximum atomic E-state index is 13.0. The Morgan fingerprint density at radius 3 is 2.63 bits per heavy atom. The topological polar surface area (TPSA) is 80.9 Å². The summed E-state index contributed by atoms with van der Waals surface area (Å²) in [5.41, 5.74) is 2.35. The Morgan fingerprint density at radius 2 is 1.85 bits per heavy atom. The highest BCUT2D eigenvalue weighted by Crippen LogP contribution is 2.24. The first-order chi connectivity index (χ1) is 13.2. The highest BCUT2D eigenvalue weighted by Gasteiger charge is 2.12. The van der Waals surface area contributed by atoms with Crippen molar-refractivity contribution in [1.29, 1.82) is 0 Å². The molecule has 0 aliphatic carbocycles. The van der Waals surface area contributed by atoms with Crippen molar-refractivity contribution < 1.29 is 13.7 Å². The monoisotopic (exact) mass is 360 g/mol. The van der Waals surface area contributed by atoms with Crippen molar-refractivity contribution in [3.63, 3.8) is 0 Å². The quantitative estimate of drug-likeness (QED) is 0.590. The molecule has 0 bridgehead atoms. The van der Waals surface area contributed by atoms with Crippen LogP contribution in [0.3, 0.4) is 0 Å². The fourth-order valence-corrected chi connectivity index (χ4v) is 2.49. The zero-order valence-electron chi connectivity index (χ0n) is 14.0. The first-order valence-electron chi connectivity index (χ1n) is 8.10. The van der Waals surface area contributed by atoms with Gasteiger partial charge >= 0.3 is 0 Å². The van der Waals surface area contributed by atoms with Crippen molar-refractivity contribution >= 4 is 11.6 Å². The van der Waals surface area contributed by atoms with Crippen LogP contribution in [0.5, 0.6) is 0 Å². The summed E-state index contributed by atoms with van der Waals surface area (Å²) < 4.78 is 18.3. The van der Waals surface area contributed by atoms with Crippen LogP contribution in [0.15, 0.2) is 77.6 Å². The third kappa shape index (κ3) is 3.72. The van der Waals surface area contributed by atoms with Crippen molar-refractivity contribution in [3.8, 4) is 22.8 Å². The van der Waals surface area contributed by atoms with Crippen molar-refractivity contribution in [2.45, 2.75) is 0 Å². The first-order valence-corrected chi connectivity index (χ1v) is 8.10. The summed E-state index contributed by atoms with van der Waals surface area (Å²) in [5, 5.41) is 6.77. The minimum Gasteiger partial charge on any atom is -0.334 e. The first kappa shape index (κ1) is 16.6. The molecule has 0 atom stereocenters. The van der Waals surface area contributed by atoms with Crippen molar-refractivity contribution in [2.75, 3.05) is 5.32 Å². The van der Waals surface area contributed by atoms with Crippen LogP contribution in [0.4, 0.5) is 10.1 Å². The van der Waals surface area contributed by atoms with E-state index in [1.807, 2.05) is 0 Å². The molecular formula is C20H13FN4O2. The molecule has 0 saturated heterocycles. The van der Waals surface area contributed by atoms with Gasteiger partial charge in [0.05, 0.1) is 5.56 Å². The summed E-state index contributed by atoms with van der Waals surface area (Å²) in [6.07, 6.45) is 3.10. The lowest BCUT2D eigenvalue weighted by atomic mass is 10.1. The van der Waals surface area contributed by atoms with E-state index in [0.29, 0.717) is 28.2 Å². The summed E-state index contributed by atoms with van der Waals surface area (Å²) in [7, 11) is 0. The molecule has 4 rings (SSSR count). The van der Waals surface area contributed by atoms with Gasteiger partial charge in [-0.3, -0.25) is 9.78 Å². The molecule has 4 aromatic rings. The van der Waals surface area contributed by atoms with Crippen LogP contribution in [0.2, 0.25) is 0 Å². The van der Waals surface area contributed by atoms with Gasteiger partial charge in [-0.2, -0.15) is 4.98 Å². The van der Waals surface area contributed by atoms with E-state index in [1.54, 1.807) is 54.7 Å². The summed E-state index contributed by atoms with van der Waals surface area (Å²) in [4.78, 5) is 20.5. The molecule has 1 amide bonds. The number of nitrogens with one attached hydrogen (secondary N) is 1. The van der Waals surface area contributed by atoms with E-state index in [9.17, 15) is 9.18 Å². The third-order valence-electron chi connectivity index (χ3n) is 3.82. The average Bonchev–Trinajstić information content (AvgIpc) is 3.20. The Labute approximate surface area is 153 Å². The lowest BCUT2D eigenvalue weighted by Crippen LogP contribution is -2.11. The molecule has 2 aromatic heterocycles. The number of nitrogens with zero attached hydrogens (tertiary/aromatic N) is 3. The van der Waals surface area contributed by atoms with Gasteiger partial charge in [0.15, 0.2) is 0 Å². The van der Waals surface area contributed by atoms with Gasteiger partial charge in [-0.25, -0.2) is 4.39 Å². The largest absolute Gasteiger partial charge is 0.334 e. The van der Waals surface area contributed by atoms with E-state index in [4.69, 9.17) is 4.52 Å². The number of carbonyl (C=O) groups is 1. The normalized spacial score (nSPS) is 10.6. The number of carbonyl (C=O) groups excluding carboxylic acids is 1. The molecule has 7 heteroatoms. The van der Waals surface area contributed by atoms with Crippen LogP contribution < -0.4 is 5.32 Å². The standard InChI is InChI=1S/C20H13FN4O2/c21-16-8-6-13(7-9-16)20-24-18(25-27-20)14-3-1-5-17(11-14)23-19(26)15-4-2-10-22-12-15/h1-12H,(H,23,26). The number of anilines is 1. The molecule has 0 saturated carbocycles. The van der Waals surface area contributed by atoms with E-state index in [1.165, 1.54) is 18.3 Å². The zero-order valence-corrected chi connectivity index (χ0v) is 14.0. The molecule has 0 unspecified atom stereocenters. The fraction of sp³-hybridized carbons (Fsp3) is 0. The number of hydrogen-bond donors (Lipinski definition) is 1. The molecule has 0 aliphatic rings. The molecule has 0 aliphatic heterocycles. The molecular weight excluding hydrogens is 347 g/mol. The van der Waals surface area contributed by atoms with Crippen LogP contribution in [-0.2, 0) is 0 Å². The van der Waals surface area contributed by atoms with Crippen LogP contribution in [0.25, 0.3) is 22.8 Å². The molecule has 2 heterocycles. The second kappa shape index (κ2) is 7.17. The predicted octanol–water partition coefficient (Wildman–Crippen LogP) is 4.19. The van der Waals surface area contributed by atoms with E-state index in [-0.39, 0.29) is 17.6 Å². The third-order valence-corrected chi connectivity index (χ3v) is 3.82. The fourth-order valence-electron chi connectivity index (χ4n) is 2.49. The van der Waals surface area contributed by atoms with Gasteiger partial charge in [-0.05, 0) is 48.5 Å². The van der Waals surface area contributed by atoms with Crippen LogP contribution in [-0.4, -0.2) is 21.0 Å². The van der Waals surface area contributed by atoms with Gasteiger partial charge in [0.25, 0.3) is 11.8 Å². The van der Waals surface area contributed by atoms with Crippen molar-refractivity contribution in [1.82, 2.24) is 15.1 Å². The SMILES string of the molecule is O=C(Nc1cccc(-c2noc(-c3ccc(F)cc3)n2)c1)c1cccnc1. The minimum absolute atomic E-state index is 0.264. The minimum atomic E-state index is -0.337. The van der Waals surface area contributed by atoms with Gasteiger partial charge in [0, 0.05) is 29.2 Å². The smallest absolute Gasteiger partial charge is 0.258 e. The molecule has 0 radical (unpaired) electrons. The molecule has 27 heavy (non-hydrogen) atoms. The molecule has 2 aromatic carbocycles. The molecule has 0 spiro atoms. The van der Waals surface area contributed by atoms with E-state index >= 15 is 0 Å². The lowest BCUT2D eigenvalue weighted by Gasteiger charge is -2.05. The number of hydrogen-bond acceptors (Lipinski definition) is 5. The molecule has 132 valence electrons. The number of benzene rings is 2. The van der Waals surface area contributed by atoms with E-state index in [0.717, 1.165) is 0 Å². The molecule has 6 nitrogen and oxygen atoms in total. The Bertz CT molecular complexity index is 1080. The number of pyridine rings is 1. The number of aromatic nitrogens is 3. The van der Waals surface area contributed by atoms with E-state index in [2.05, 4.69) is 20.4 Å². The average molecular weight is 360 g/mol. The second-order valence-corrected chi connectivity index (χ2v) is 5.71. The summed E-state index contributed by atoms with van der Waals surface area (Å²) in [5.74, 6) is 0.0533. The van der Waals surface area contributed by atoms with Gasteiger partial charge < -0.3 is 9.84 Å². The maximum absolute atomic E-state index is 13.0. The van der Waals surface area contributed by atoms with Gasteiger partial charge in [0.1, 0.15) is 5.82 Å². The van der Waals surface area contributed by atoms with Gasteiger partial charge in [-0.1, -0.05) is 17.3 Å². The molecule has 1 N–H and O–H groups in total. The predicted molar refractivity (Wildman–Crippen MR) is 97.3 cm³/mol. The van der Waals surface area contributed by atoms with E-state index < -0.39 is 0 Å². The van der Waals surface area contributed by atoms with Crippen molar-refractivity contribution in [3.05, 3.63) is 84.4 Å². The lowest BCUT2D eigenvalue weighted by molar-refractivity contribution is 0.102. The number of halogens is 1. The highest BCUT2D eigenvalue weighted by molar-refractivity contribution is 6.04. The van der Waals surface area contributed by atoms with Crippen LogP contribution in [0, 0.1) is 5.82 Å². The molecule has 0 fully saturated rings. The van der Waals surface area contributed by atoms with Crippen LogP contribution in [0.1, 0.15) is 10.4 Å². The van der Waals surface area contributed by atoms with Crippen molar-refractivity contribution in [2.24, 2.45) is 0 Å². The Kier molecular flexibility index (Phi) is 4.40. The Morgan fingerprint density at radius 1 is 1.00 bits per heavy atom. The summed E-state index contributed by atoms with van der Waals surface area (Å²) >= 11 is 0. The second-order valence-electron chi connectivity index (χ2n) is 5.71. The Hall–Kier alpha value is -3.87. The summed E-state index contributed by atoms with van der Waals surface area (Å²) in [6.45, 7) is 0. The van der Waals surface area contributed by atoms with Gasteiger partial charge in [-0.15, -0.1) is 0 Å². The zero-order chi connectivity index (χ0) is 18.6. The number of rotatable bonds is 4. The summed E-state index contributed by atoms with van der Waals surface area (Å²) in [6, 6.07) is 16.3. The Balaban J connectivity index is 1.56. The number of amides is 1. The maximum Gasteiger partial charge on any atom is 0.258 e. The van der Waals surface area contributed by atoms with Gasteiger partial charge in [0.2, 0.25) is 5.82 Å².